The van der Waals surface area contributed by atoms with Gasteiger partial charge in [-0.25, -0.2) is 10.1 Å². The van der Waals surface area contributed by atoms with Gasteiger partial charge in [0.05, 0.1) is 5.56 Å². The van der Waals surface area contributed by atoms with E-state index in [1.807, 2.05) is 0 Å². The van der Waals surface area contributed by atoms with Crippen molar-refractivity contribution in [2.24, 2.45) is 0 Å². The smallest absolute Gasteiger partial charge is 0.322 e. The first-order valence-electron chi connectivity index (χ1n) is 4.23. The third-order valence-corrected chi connectivity index (χ3v) is 1.66. The van der Waals surface area contributed by atoms with Gasteiger partial charge in [-0.15, -0.1) is 0 Å². The van der Waals surface area contributed by atoms with E-state index in [9.17, 15) is 23.3 Å². The molecule has 0 fully saturated rings. The molecule has 0 aliphatic rings. The van der Waals surface area contributed by atoms with E-state index in [4.69, 9.17) is 5.41 Å². The number of nitrogens with one attached hydrogen (secondary N) is 3. The van der Waals surface area contributed by atoms with Crippen molar-refractivity contribution in [1.82, 2.24) is 5.43 Å². The van der Waals surface area contributed by atoms with Crippen molar-refractivity contribution in [2.75, 3.05) is 5.32 Å². The van der Waals surface area contributed by atoms with Gasteiger partial charge in [0.1, 0.15) is 0 Å². The van der Waals surface area contributed by atoms with Crippen molar-refractivity contribution < 1.29 is 18.2 Å². The number of benzene rings is 1. The van der Waals surface area contributed by atoms with Gasteiger partial charge < -0.3 is 5.32 Å². The SMILES string of the molecule is N=C(Nc1cccc(C(F)(F)F)c1)N[N+](=O)[O-]. The molecule has 1 aromatic rings. The minimum Gasteiger partial charge on any atom is -0.322 e. The molecule has 0 spiro atoms. The Bertz CT molecular complexity index is 447. The first kappa shape index (κ1) is 12.7. The molecule has 0 aliphatic carbocycles. The lowest BCUT2D eigenvalue weighted by molar-refractivity contribution is -0.525. The zero-order chi connectivity index (χ0) is 13.1. The molecule has 0 aromatic heterocycles. The monoisotopic (exact) mass is 248 g/mol. The van der Waals surface area contributed by atoms with Crippen LogP contribution in [-0.2, 0) is 6.18 Å². The Hall–Kier alpha value is -2.32. The standard InChI is InChI=1S/C8H7F3N4O2/c9-8(10,11)5-2-1-3-6(4-5)13-7(12)14-15(16)17/h1-4H,(H3,12,13,14). The summed E-state index contributed by atoms with van der Waals surface area (Å²) in [6.07, 6.45) is -4.50. The van der Waals surface area contributed by atoms with Gasteiger partial charge in [0.25, 0.3) is 5.96 Å². The predicted octanol–water partition coefficient (Wildman–Crippen LogP) is 1.83. The maximum Gasteiger partial charge on any atom is 0.416 e. The number of nitrogens with zero attached hydrogens (tertiary/aromatic N) is 1. The lowest BCUT2D eigenvalue weighted by atomic mass is 10.2. The number of rotatable bonds is 2. The number of guanidine groups is 1. The van der Waals surface area contributed by atoms with E-state index in [1.54, 1.807) is 0 Å². The highest BCUT2D eigenvalue weighted by atomic mass is 19.4. The van der Waals surface area contributed by atoms with E-state index >= 15 is 0 Å². The lowest BCUT2D eigenvalue weighted by Crippen LogP contribution is -2.34. The molecule has 0 amide bonds. The maximum absolute atomic E-state index is 12.3. The molecule has 17 heavy (non-hydrogen) atoms. The second-order valence-corrected chi connectivity index (χ2v) is 2.95. The Labute approximate surface area is 93.1 Å². The largest absolute Gasteiger partial charge is 0.416 e. The third-order valence-electron chi connectivity index (χ3n) is 1.66. The molecule has 9 heteroatoms. The highest BCUT2D eigenvalue weighted by molar-refractivity contribution is 5.90. The van der Waals surface area contributed by atoms with Crippen molar-refractivity contribution in [2.45, 2.75) is 6.18 Å². The Morgan fingerprint density at radius 3 is 2.59 bits per heavy atom. The number of hydrogen-bond acceptors (Lipinski definition) is 3. The van der Waals surface area contributed by atoms with E-state index < -0.39 is 22.7 Å². The van der Waals surface area contributed by atoms with Gasteiger partial charge in [-0.3, -0.25) is 5.41 Å². The predicted molar refractivity (Wildman–Crippen MR) is 52.9 cm³/mol. The minimum absolute atomic E-state index is 0.0702. The first-order chi connectivity index (χ1) is 7.79. The Kier molecular flexibility index (Phi) is 3.51. The highest BCUT2D eigenvalue weighted by Crippen LogP contribution is 2.30. The number of nitro groups is 1. The van der Waals surface area contributed by atoms with Gasteiger partial charge in [0, 0.05) is 5.69 Å². The molecule has 3 N–H and O–H groups in total. The van der Waals surface area contributed by atoms with Crippen molar-refractivity contribution in [1.29, 1.82) is 5.41 Å². The molecule has 0 aliphatic heterocycles. The van der Waals surface area contributed by atoms with Crippen LogP contribution >= 0.6 is 0 Å². The van der Waals surface area contributed by atoms with Gasteiger partial charge in [-0.2, -0.15) is 13.2 Å². The van der Waals surface area contributed by atoms with Crippen LogP contribution in [-0.4, -0.2) is 11.0 Å². The zero-order valence-electron chi connectivity index (χ0n) is 8.21. The lowest BCUT2D eigenvalue weighted by Gasteiger charge is -2.09. The van der Waals surface area contributed by atoms with E-state index in [1.165, 1.54) is 11.5 Å². The summed E-state index contributed by atoms with van der Waals surface area (Å²) in [5, 5.41) is 18.1. The fourth-order valence-corrected chi connectivity index (χ4v) is 1.04. The molecule has 1 rings (SSSR count). The van der Waals surface area contributed by atoms with Crippen molar-refractivity contribution in [3.63, 3.8) is 0 Å². The van der Waals surface area contributed by atoms with Crippen LogP contribution in [0.5, 0.6) is 0 Å². The fraction of sp³-hybridized carbons (Fsp3) is 0.125. The van der Waals surface area contributed by atoms with Crippen LogP contribution in [0.1, 0.15) is 5.56 Å². The number of halogens is 3. The van der Waals surface area contributed by atoms with E-state index in [0.29, 0.717) is 0 Å². The Morgan fingerprint density at radius 2 is 2.06 bits per heavy atom. The van der Waals surface area contributed by atoms with Gasteiger partial charge in [0.15, 0.2) is 5.03 Å². The topological polar surface area (TPSA) is 91.1 Å². The number of hydrazine groups is 1. The summed E-state index contributed by atoms with van der Waals surface area (Å²) in [6, 6.07) is 3.99. The van der Waals surface area contributed by atoms with Crippen LogP contribution in [0.25, 0.3) is 0 Å². The normalized spacial score (nSPS) is 10.8. The molecule has 0 atom stereocenters. The molecular formula is C8H7F3N4O2. The molecule has 0 radical (unpaired) electrons. The highest BCUT2D eigenvalue weighted by Gasteiger charge is 2.30. The molecule has 1 aromatic carbocycles. The molecule has 0 heterocycles. The quantitative estimate of drug-likeness (QED) is 0.322. The zero-order valence-corrected chi connectivity index (χ0v) is 8.21. The van der Waals surface area contributed by atoms with E-state index in [2.05, 4.69) is 5.32 Å². The van der Waals surface area contributed by atoms with Crippen molar-refractivity contribution in [3.05, 3.63) is 39.9 Å². The molecule has 92 valence electrons. The van der Waals surface area contributed by atoms with Crippen LogP contribution < -0.4 is 10.7 Å². The molecule has 0 saturated heterocycles. The fourth-order valence-electron chi connectivity index (χ4n) is 1.04. The van der Waals surface area contributed by atoms with Gasteiger partial charge in [-0.05, 0) is 18.2 Å². The van der Waals surface area contributed by atoms with Crippen LogP contribution in [0.15, 0.2) is 24.3 Å². The Balaban J connectivity index is 2.79. The number of anilines is 1. The summed E-state index contributed by atoms with van der Waals surface area (Å²) in [6.45, 7) is 0. The van der Waals surface area contributed by atoms with E-state index in [-0.39, 0.29) is 5.69 Å². The molecular weight excluding hydrogens is 241 g/mol. The van der Waals surface area contributed by atoms with Crippen LogP contribution in [0, 0.1) is 15.5 Å². The summed E-state index contributed by atoms with van der Waals surface area (Å²) in [5.74, 6) is -0.727. The summed E-state index contributed by atoms with van der Waals surface area (Å²) < 4.78 is 36.9. The maximum atomic E-state index is 12.3. The molecule has 0 bridgehead atoms. The molecule has 0 saturated carbocycles. The third kappa shape index (κ3) is 3.97. The summed E-state index contributed by atoms with van der Waals surface area (Å²) >= 11 is 0. The Morgan fingerprint density at radius 1 is 1.41 bits per heavy atom. The van der Waals surface area contributed by atoms with E-state index in [0.717, 1.165) is 18.2 Å². The summed E-state index contributed by atoms with van der Waals surface area (Å²) in [7, 11) is 0. The second-order valence-electron chi connectivity index (χ2n) is 2.95. The summed E-state index contributed by atoms with van der Waals surface area (Å²) in [4.78, 5) is 9.96. The van der Waals surface area contributed by atoms with Crippen molar-refractivity contribution >= 4 is 11.6 Å². The average molecular weight is 248 g/mol. The van der Waals surface area contributed by atoms with Gasteiger partial charge >= 0.3 is 6.18 Å². The average Bonchev–Trinajstić information content (AvgIpc) is 2.15. The summed E-state index contributed by atoms with van der Waals surface area (Å²) in [5.41, 5.74) is 0.486. The number of alkyl halides is 3. The number of hydrogen-bond donors (Lipinski definition) is 3. The molecule has 6 nitrogen and oxygen atoms in total. The van der Waals surface area contributed by atoms with Gasteiger partial charge in [-0.1, -0.05) is 11.5 Å². The van der Waals surface area contributed by atoms with Crippen LogP contribution in [0.3, 0.4) is 0 Å². The molecule has 0 unspecified atom stereocenters. The van der Waals surface area contributed by atoms with Crippen molar-refractivity contribution in [3.8, 4) is 0 Å². The van der Waals surface area contributed by atoms with Gasteiger partial charge in [0.2, 0.25) is 0 Å². The van der Waals surface area contributed by atoms with Crippen LogP contribution in [0.2, 0.25) is 0 Å². The first-order valence-corrected chi connectivity index (χ1v) is 4.23. The van der Waals surface area contributed by atoms with Crippen LogP contribution in [0.4, 0.5) is 18.9 Å². The second kappa shape index (κ2) is 4.68. The minimum atomic E-state index is -4.50.